The van der Waals surface area contributed by atoms with E-state index in [4.69, 9.17) is 5.73 Å². The van der Waals surface area contributed by atoms with E-state index in [0.29, 0.717) is 11.4 Å². The first-order valence-electron chi connectivity index (χ1n) is 8.10. The van der Waals surface area contributed by atoms with Gasteiger partial charge in [0.15, 0.2) is 5.82 Å². The topological polar surface area (TPSA) is 123 Å². The third-order valence-corrected chi connectivity index (χ3v) is 3.96. The summed E-state index contributed by atoms with van der Waals surface area (Å²) < 4.78 is 39.7. The Morgan fingerprint density at radius 3 is 2.71 bits per heavy atom. The van der Waals surface area contributed by atoms with E-state index in [-0.39, 0.29) is 24.1 Å². The Bertz CT molecular complexity index is 1150. The summed E-state index contributed by atoms with van der Waals surface area (Å²) in [7, 11) is 0. The highest BCUT2D eigenvalue weighted by molar-refractivity contribution is 5.61. The zero-order valence-electron chi connectivity index (χ0n) is 14.5. The van der Waals surface area contributed by atoms with Crippen molar-refractivity contribution in [3.8, 4) is 11.4 Å². The number of anilines is 2. The van der Waals surface area contributed by atoms with Gasteiger partial charge in [0.2, 0.25) is 17.7 Å². The number of hydrogen-bond acceptors (Lipinski definition) is 7. The van der Waals surface area contributed by atoms with Gasteiger partial charge in [-0.25, -0.2) is 9.97 Å². The maximum Gasteiger partial charge on any atom is 0.449 e. The normalized spacial score (nSPS) is 11.9. The number of aryl methyl sites for hydroxylation is 1. The monoisotopic (exact) mass is 389 g/mol. The van der Waals surface area contributed by atoms with Crippen LogP contribution in [0.1, 0.15) is 17.3 Å². The van der Waals surface area contributed by atoms with Gasteiger partial charge in [0.25, 0.3) is 0 Å². The maximum absolute atomic E-state index is 12.6. The Kier molecular flexibility index (Phi) is 4.09. The van der Waals surface area contributed by atoms with Crippen molar-refractivity contribution in [3.05, 3.63) is 48.1 Å². The number of rotatable bonds is 4. The predicted molar refractivity (Wildman–Crippen MR) is 94.1 cm³/mol. The molecule has 0 radical (unpaired) electrons. The molecule has 0 aliphatic heterocycles. The summed E-state index contributed by atoms with van der Waals surface area (Å²) >= 11 is 0. The first-order chi connectivity index (χ1) is 13.3. The number of hydrogen-bond donors (Lipinski definition) is 3. The van der Waals surface area contributed by atoms with Crippen LogP contribution in [0.15, 0.2) is 30.7 Å². The number of nitrogens with zero attached hydrogens (tertiary/aromatic N) is 6. The molecule has 0 fully saturated rings. The summed E-state index contributed by atoms with van der Waals surface area (Å²) in [6.45, 7) is 1.87. The molecule has 0 spiro atoms. The van der Waals surface area contributed by atoms with Crippen molar-refractivity contribution in [3.63, 3.8) is 0 Å². The second-order valence-electron chi connectivity index (χ2n) is 5.97. The lowest BCUT2D eigenvalue weighted by Gasteiger charge is -2.07. The summed E-state index contributed by atoms with van der Waals surface area (Å²) in [4.78, 5) is 22.1. The van der Waals surface area contributed by atoms with Crippen molar-refractivity contribution in [1.29, 1.82) is 0 Å². The number of alkyl halides is 3. The molecule has 4 N–H and O–H groups in total. The van der Waals surface area contributed by atoms with Crippen LogP contribution in [0.3, 0.4) is 0 Å². The smallest absolute Gasteiger partial charge is 0.368 e. The van der Waals surface area contributed by atoms with E-state index in [0.717, 1.165) is 17.5 Å². The molecule has 4 heterocycles. The Hall–Kier alpha value is -3.70. The van der Waals surface area contributed by atoms with Gasteiger partial charge in [-0.3, -0.25) is 0 Å². The van der Waals surface area contributed by atoms with Crippen molar-refractivity contribution < 1.29 is 13.2 Å². The molecule has 4 rings (SSSR count). The minimum Gasteiger partial charge on any atom is -0.368 e. The number of nitrogens with one attached hydrogen (secondary N) is 2. The van der Waals surface area contributed by atoms with E-state index in [9.17, 15) is 13.2 Å². The van der Waals surface area contributed by atoms with E-state index >= 15 is 0 Å². The molecule has 0 bridgehead atoms. The predicted octanol–water partition coefficient (Wildman–Crippen LogP) is 2.43. The van der Waals surface area contributed by atoms with Crippen molar-refractivity contribution >= 4 is 17.4 Å². The minimum atomic E-state index is -4.53. The molecule has 12 heteroatoms. The Morgan fingerprint density at radius 2 is 1.96 bits per heavy atom. The highest BCUT2D eigenvalue weighted by Gasteiger charge is 2.34. The number of pyridine rings is 1. The lowest BCUT2D eigenvalue weighted by atomic mass is 10.2. The molecule has 0 aliphatic carbocycles. The number of aromatic nitrogens is 7. The molecular formula is C16H14F3N9. The van der Waals surface area contributed by atoms with Crippen LogP contribution in [0, 0.1) is 6.92 Å². The number of imidazole rings is 2. The number of fused-ring (bicyclic) bond motifs is 1. The lowest BCUT2D eigenvalue weighted by Crippen LogP contribution is -2.10. The Labute approximate surface area is 155 Å². The molecule has 0 saturated heterocycles. The van der Waals surface area contributed by atoms with Crippen LogP contribution >= 0.6 is 0 Å². The van der Waals surface area contributed by atoms with Crippen molar-refractivity contribution in [2.24, 2.45) is 0 Å². The Balaban J connectivity index is 1.58. The summed E-state index contributed by atoms with van der Waals surface area (Å²) in [6.07, 6.45) is 0.123. The van der Waals surface area contributed by atoms with Gasteiger partial charge in [-0.1, -0.05) is 0 Å². The highest BCUT2D eigenvalue weighted by atomic mass is 19.4. The Morgan fingerprint density at radius 1 is 1.14 bits per heavy atom. The summed E-state index contributed by atoms with van der Waals surface area (Å²) in [5.74, 6) is 0.176. The van der Waals surface area contributed by atoms with Crippen LogP contribution in [-0.2, 0) is 12.7 Å². The third-order valence-electron chi connectivity index (χ3n) is 3.96. The fourth-order valence-corrected chi connectivity index (χ4v) is 2.62. The average molecular weight is 389 g/mol. The fraction of sp³-hybridized carbons (Fsp3) is 0.188. The fourth-order valence-electron chi connectivity index (χ4n) is 2.62. The number of nitrogens with two attached hydrogens (primary N) is 1. The zero-order valence-corrected chi connectivity index (χ0v) is 14.5. The van der Waals surface area contributed by atoms with Crippen LogP contribution in [0.4, 0.5) is 25.1 Å². The number of aromatic amines is 1. The summed E-state index contributed by atoms with van der Waals surface area (Å²) in [5, 5.41) is 2.82. The standard InChI is InChI=1S/C16H14F3N9/c1-8-21-6-11-3-2-9(7-28(8)11)12-25-14(20)27-15(26-12)23-5-10-4-22-13(24-10)16(17,18)19/h2-4,6-7H,5H2,1H3,(H,22,24)(H3,20,23,25,26,27). The first-order valence-corrected chi connectivity index (χ1v) is 8.10. The summed E-state index contributed by atoms with van der Waals surface area (Å²) in [5.41, 5.74) is 7.59. The molecule has 28 heavy (non-hydrogen) atoms. The van der Waals surface area contributed by atoms with Gasteiger partial charge in [0, 0.05) is 11.8 Å². The molecule has 144 valence electrons. The second kappa shape index (κ2) is 6.48. The second-order valence-corrected chi connectivity index (χ2v) is 5.97. The van der Waals surface area contributed by atoms with Crippen molar-refractivity contribution in [1.82, 2.24) is 34.3 Å². The van der Waals surface area contributed by atoms with Crippen LogP contribution in [-0.4, -0.2) is 34.3 Å². The van der Waals surface area contributed by atoms with E-state index in [1.807, 2.05) is 29.7 Å². The van der Waals surface area contributed by atoms with Crippen molar-refractivity contribution in [2.75, 3.05) is 11.1 Å². The van der Waals surface area contributed by atoms with Gasteiger partial charge in [0.1, 0.15) is 5.82 Å². The van der Waals surface area contributed by atoms with E-state index < -0.39 is 12.0 Å². The number of nitrogen functional groups attached to an aromatic ring is 1. The molecule has 4 aromatic rings. The van der Waals surface area contributed by atoms with Crippen LogP contribution in [0.2, 0.25) is 0 Å². The lowest BCUT2D eigenvalue weighted by molar-refractivity contribution is -0.144. The molecule has 0 unspecified atom stereocenters. The first kappa shape index (κ1) is 17.7. The molecule has 4 aromatic heterocycles. The third kappa shape index (κ3) is 3.43. The van der Waals surface area contributed by atoms with Crippen LogP contribution < -0.4 is 11.1 Å². The van der Waals surface area contributed by atoms with Gasteiger partial charge in [-0.15, -0.1) is 0 Å². The quantitative estimate of drug-likeness (QED) is 0.490. The van der Waals surface area contributed by atoms with E-state index in [1.165, 1.54) is 0 Å². The molecular weight excluding hydrogens is 375 g/mol. The zero-order chi connectivity index (χ0) is 19.9. The maximum atomic E-state index is 12.6. The number of halogens is 3. The number of H-pyrrole nitrogens is 1. The molecule has 0 aromatic carbocycles. The van der Waals surface area contributed by atoms with Crippen LogP contribution in [0.25, 0.3) is 16.9 Å². The SMILES string of the molecule is Cc1ncc2ccc(-c3nc(N)nc(NCc4cnc(C(F)(F)F)[nH]4)n3)cn12. The average Bonchev–Trinajstić information content (AvgIpc) is 3.26. The van der Waals surface area contributed by atoms with E-state index in [1.54, 1.807) is 6.20 Å². The highest BCUT2D eigenvalue weighted by Crippen LogP contribution is 2.26. The summed E-state index contributed by atoms with van der Waals surface area (Å²) in [6, 6.07) is 3.69. The van der Waals surface area contributed by atoms with Gasteiger partial charge in [-0.05, 0) is 19.1 Å². The molecule has 0 saturated carbocycles. The van der Waals surface area contributed by atoms with Gasteiger partial charge in [0.05, 0.1) is 30.1 Å². The molecule has 0 amide bonds. The largest absolute Gasteiger partial charge is 0.449 e. The van der Waals surface area contributed by atoms with E-state index in [2.05, 4.69) is 35.2 Å². The minimum absolute atomic E-state index is 0.00559. The molecule has 0 aliphatic rings. The molecule has 9 nitrogen and oxygen atoms in total. The van der Waals surface area contributed by atoms with Crippen molar-refractivity contribution in [2.45, 2.75) is 19.6 Å². The van der Waals surface area contributed by atoms with Gasteiger partial charge < -0.3 is 20.4 Å². The van der Waals surface area contributed by atoms with Gasteiger partial charge >= 0.3 is 6.18 Å². The molecule has 0 atom stereocenters. The van der Waals surface area contributed by atoms with Crippen LogP contribution in [0.5, 0.6) is 0 Å². The van der Waals surface area contributed by atoms with Gasteiger partial charge in [-0.2, -0.15) is 28.1 Å².